The highest BCUT2D eigenvalue weighted by Gasteiger charge is 2.32. The number of nitrogens with zero attached hydrogens (tertiary/aromatic N) is 4. The SMILES string of the molecule is CC(C)c1sccc1C1=C(CN2CCN(c3ccc(C(=O)NS(=O)(=O)c4ccc(NC[C@H]5COCCO5)c([N+](=O)[O-])c4)c(Oc4cnc5[nH]ccc5c4)c3)CC2)CCC(C)(C)C1. The van der Waals surface area contributed by atoms with Crippen LogP contribution in [-0.2, 0) is 19.5 Å². The highest BCUT2D eigenvalue weighted by atomic mass is 32.2. The van der Waals surface area contributed by atoms with Crippen LogP contribution in [0.3, 0.4) is 0 Å². The first-order chi connectivity index (χ1) is 29.7. The molecule has 0 saturated carbocycles. The largest absolute Gasteiger partial charge is 0.455 e. The van der Waals surface area contributed by atoms with Crippen LogP contribution in [0.1, 0.15) is 73.7 Å². The highest BCUT2D eigenvalue weighted by Crippen LogP contribution is 2.46. The Hall–Kier alpha value is -5.33. The minimum atomic E-state index is -4.58. The summed E-state index contributed by atoms with van der Waals surface area (Å²) < 4.78 is 46.8. The molecule has 0 radical (unpaired) electrons. The summed E-state index contributed by atoms with van der Waals surface area (Å²) in [7, 11) is -4.58. The van der Waals surface area contributed by atoms with Crippen molar-refractivity contribution in [2.45, 2.75) is 63.9 Å². The van der Waals surface area contributed by atoms with E-state index in [0.29, 0.717) is 37.1 Å². The minimum absolute atomic E-state index is 0.0403. The topological polar surface area (TPSA) is 181 Å². The lowest BCUT2D eigenvalue weighted by Gasteiger charge is -2.39. The number of rotatable bonds is 14. The van der Waals surface area contributed by atoms with Crippen molar-refractivity contribution in [3.05, 3.63) is 104 Å². The minimum Gasteiger partial charge on any atom is -0.455 e. The lowest BCUT2D eigenvalue weighted by atomic mass is 9.72. The first-order valence-electron chi connectivity index (χ1n) is 21.0. The van der Waals surface area contributed by atoms with E-state index in [1.807, 2.05) is 17.4 Å². The number of carbonyl (C=O) groups excluding carboxylic acids is 1. The van der Waals surface area contributed by atoms with Crippen molar-refractivity contribution < 1.29 is 32.3 Å². The number of thiophene rings is 1. The Balaban J connectivity index is 1.01. The van der Waals surface area contributed by atoms with Gasteiger partial charge in [-0.1, -0.05) is 33.3 Å². The third-order valence-corrected chi connectivity index (χ3v) is 14.3. The number of hydrogen-bond acceptors (Lipinski definition) is 13. The molecule has 3 aliphatic rings. The number of sulfonamides is 1. The van der Waals surface area contributed by atoms with Crippen molar-refractivity contribution >= 4 is 60.9 Å². The number of carbonyl (C=O) groups is 1. The molecule has 2 fully saturated rings. The van der Waals surface area contributed by atoms with Gasteiger partial charge in [-0.25, -0.2) is 18.1 Å². The predicted octanol–water partition coefficient (Wildman–Crippen LogP) is 8.18. The molecule has 8 rings (SSSR count). The lowest BCUT2D eigenvalue weighted by Crippen LogP contribution is -2.47. The summed E-state index contributed by atoms with van der Waals surface area (Å²) in [5, 5.41) is 18.0. The summed E-state index contributed by atoms with van der Waals surface area (Å²) in [6, 6.07) is 14.4. The summed E-state index contributed by atoms with van der Waals surface area (Å²) in [4.78, 5) is 38.5. The van der Waals surface area contributed by atoms with E-state index < -0.39 is 31.4 Å². The number of aromatic nitrogens is 2. The molecule has 17 heteroatoms. The second-order valence-corrected chi connectivity index (χ2v) is 19.9. The number of benzene rings is 2. The molecule has 0 bridgehead atoms. The number of nitro groups is 1. The molecular formula is C45H53N7O8S2. The van der Waals surface area contributed by atoms with Crippen LogP contribution in [0.5, 0.6) is 11.5 Å². The van der Waals surface area contributed by atoms with Crippen LogP contribution in [0.15, 0.2) is 82.8 Å². The zero-order chi connectivity index (χ0) is 43.6. The fraction of sp³-hybridized carbons (Fsp3) is 0.422. The van der Waals surface area contributed by atoms with Gasteiger partial charge in [0.25, 0.3) is 21.6 Å². The average molecular weight is 884 g/mol. The lowest BCUT2D eigenvalue weighted by molar-refractivity contribution is -0.384. The van der Waals surface area contributed by atoms with Crippen LogP contribution in [0, 0.1) is 15.5 Å². The Morgan fingerprint density at radius 3 is 2.68 bits per heavy atom. The highest BCUT2D eigenvalue weighted by molar-refractivity contribution is 7.90. The molecular weight excluding hydrogens is 831 g/mol. The molecule has 62 heavy (non-hydrogen) atoms. The van der Waals surface area contributed by atoms with E-state index in [0.717, 1.165) is 62.7 Å². The molecule has 2 aliphatic heterocycles. The quantitative estimate of drug-likeness (QED) is 0.0720. The van der Waals surface area contributed by atoms with Gasteiger partial charge in [-0.15, -0.1) is 11.3 Å². The van der Waals surface area contributed by atoms with Gasteiger partial charge in [0, 0.05) is 73.5 Å². The summed E-state index contributed by atoms with van der Waals surface area (Å²) in [6.45, 7) is 14.8. The van der Waals surface area contributed by atoms with E-state index in [2.05, 4.69) is 68.9 Å². The fourth-order valence-corrected chi connectivity index (χ4v) is 10.3. The number of anilines is 2. The Labute approximate surface area is 365 Å². The smallest absolute Gasteiger partial charge is 0.293 e. The Kier molecular flexibility index (Phi) is 12.7. The molecule has 5 aromatic rings. The molecule has 0 unspecified atom stereocenters. The van der Waals surface area contributed by atoms with Gasteiger partial charge >= 0.3 is 0 Å². The van der Waals surface area contributed by atoms with Gasteiger partial charge in [-0.2, -0.15) is 0 Å². The number of piperazine rings is 1. The van der Waals surface area contributed by atoms with E-state index in [9.17, 15) is 23.3 Å². The maximum Gasteiger partial charge on any atom is 0.293 e. The van der Waals surface area contributed by atoms with Gasteiger partial charge in [-0.05, 0) is 89.6 Å². The van der Waals surface area contributed by atoms with Crippen molar-refractivity contribution in [2.75, 3.05) is 69.3 Å². The zero-order valence-electron chi connectivity index (χ0n) is 35.4. The first-order valence-corrected chi connectivity index (χ1v) is 23.4. The van der Waals surface area contributed by atoms with Crippen LogP contribution in [-0.4, -0.2) is 99.3 Å². The molecule has 3 N–H and O–H groups in total. The Morgan fingerprint density at radius 1 is 1.10 bits per heavy atom. The van der Waals surface area contributed by atoms with Crippen molar-refractivity contribution in [3.63, 3.8) is 0 Å². The van der Waals surface area contributed by atoms with Crippen molar-refractivity contribution in [1.82, 2.24) is 19.6 Å². The first kappa shape index (κ1) is 43.3. The van der Waals surface area contributed by atoms with Gasteiger partial charge < -0.3 is 29.4 Å². The Morgan fingerprint density at radius 2 is 1.92 bits per heavy atom. The number of nitro benzene ring substituents is 1. The van der Waals surface area contributed by atoms with Gasteiger partial charge in [0.1, 0.15) is 22.8 Å². The average Bonchev–Trinajstić information content (AvgIpc) is 3.94. The van der Waals surface area contributed by atoms with Crippen molar-refractivity contribution in [1.29, 1.82) is 0 Å². The van der Waals surface area contributed by atoms with Gasteiger partial charge in [0.05, 0.1) is 47.5 Å². The number of hydrogen-bond donors (Lipinski definition) is 3. The third kappa shape index (κ3) is 9.81. The maximum absolute atomic E-state index is 13.9. The van der Waals surface area contributed by atoms with Crippen LogP contribution in [0.4, 0.5) is 17.1 Å². The number of H-pyrrole nitrogens is 1. The summed E-state index contributed by atoms with van der Waals surface area (Å²) in [5.41, 5.74) is 5.81. The van der Waals surface area contributed by atoms with E-state index in [1.54, 1.807) is 30.5 Å². The number of nitrogens with one attached hydrogen (secondary N) is 3. The molecule has 1 amide bonds. The van der Waals surface area contributed by atoms with Crippen LogP contribution < -0.4 is 19.7 Å². The van der Waals surface area contributed by atoms with Crippen LogP contribution in [0.2, 0.25) is 0 Å². The fourth-order valence-electron chi connectivity index (χ4n) is 8.42. The van der Waals surface area contributed by atoms with Gasteiger partial charge in [0.15, 0.2) is 0 Å². The van der Waals surface area contributed by atoms with Crippen LogP contribution >= 0.6 is 11.3 Å². The Bertz CT molecular complexity index is 2590. The molecule has 2 aromatic carbocycles. The number of amides is 1. The second-order valence-electron chi connectivity index (χ2n) is 17.2. The molecule has 2 saturated heterocycles. The van der Waals surface area contributed by atoms with E-state index in [-0.39, 0.29) is 35.1 Å². The summed E-state index contributed by atoms with van der Waals surface area (Å²) in [6.07, 6.45) is 6.30. The van der Waals surface area contributed by atoms with E-state index in [4.69, 9.17) is 14.2 Å². The molecule has 1 aliphatic carbocycles. The molecule has 328 valence electrons. The monoisotopic (exact) mass is 883 g/mol. The number of allylic oxidation sites excluding steroid dienone is 1. The zero-order valence-corrected chi connectivity index (χ0v) is 37.1. The third-order valence-electron chi connectivity index (χ3n) is 11.8. The van der Waals surface area contributed by atoms with Gasteiger partial charge in [-0.3, -0.25) is 19.8 Å². The number of fused-ring (bicyclic) bond motifs is 1. The van der Waals surface area contributed by atoms with Crippen LogP contribution in [0.25, 0.3) is 16.6 Å². The predicted molar refractivity (Wildman–Crippen MR) is 241 cm³/mol. The maximum atomic E-state index is 13.9. The molecule has 1 atom stereocenters. The van der Waals surface area contributed by atoms with Gasteiger partial charge in [0.2, 0.25) is 0 Å². The number of aromatic amines is 1. The molecule has 3 aromatic heterocycles. The van der Waals surface area contributed by atoms with E-state index >= 15 is 0 Å². The normalized spacial score (nSPS) is 18.6. The summed E-state index contributed by atoms with van der Waals surface area (Å²) in [5.74, 6) is -0.00289. The van der Waals surface area contributed by atoms with Crippen molar-refractivity contribution in [2.24, 2.45) is 5.41 Å². The molecule has 15 nitrogen and oxygen atoms in total. The molecule has 5 heterocycles. The van der Waals surface area contributed by atoms with E-state index in [1.165, 1.54) is 46.3 Å². The summed E-state index contributed by atoms with van der Waals surface area (Å²) >= 11 is 1.86. The number of pyridine rings is 1. The standard InChI is InChI=1S/C45H53N7O8S2/c1-29(2)42-36(11-20-61-42)38-24-45(3,4)12-9-31(38)27-50-14-16-51(17-15-50)32-5-7-37(41(22-32)60-33-21-30-10-13-46-43(30)48-25-33)44(53)49-62(56,57)35-6-8-39(40(23-35)52(54)55)47-26-34-28-58-18-19-59-34/h5-8,10-11,13,20-23,25,29,34,47H,9,12,14-19,24,26-28H2,1-4H3,(H,46,48)(H,49,53)/t34-/m0/s1. The number of ether oxygens (including phenoxy) is 3. The second kappa shape index (κ2) is 18.2. The van der Waals surface area contributed by atoms with Crippen molar-refractivity contribution in [3.8, 4) is 11.5 Å². The molecule has 0 spiro atoms.